The van der Waals surface area contributed by atoms with Crippen LogP contribution in [0, 0.1) is 0 Å². The van der Waals surface area contributed by atoms with Gasteiger partial charge in [0.2, 0.25) is 0 Å². The fourth-order valence-corrected chi connectivity index (χ4v) is 2.50. The van der Waals surface area contributed by atoms with Crippen LogP contribution < -0.4 is 10.1 Å². The standard InChI is InChI=1S/C21H25NO4/c1-14(2)16-8-10-17(11-9-16)21(24)26-13-20(23)22-15(3)18-6-5-7-19(12-18)25-4/h5-12,14-15H,13H2,1-4H3,(H,22,23)/t15-/m1/s1. The van der Waals surface area contributed by atoms with E-state index in [-0.39, 0.29) is 18.6 Å². The number of amides is 1. The number of benzene rings is 2. The maximum absolute atomic E-state index is 12.1. The maximum atomic E-state index is 12.1. The summed E-state index contributed by atoms with van der Waals surface area (Å²) in [7, 11) is 1.59. The smallest absolute Gasteiger partial charge is 0.338 e. The molecule has 138 valence electrons. The normalized spacial score (nSPS) is 11.7. The lowest BCUT2D eigenvalue weighted by atomic mass is 10.0. The van der Waals surface area contributed by atoms with Gasteiger partial charge in [-0.05, 0) is 48.2 Å². The minimum absolute atomic E-state index is 0.221. The highest BCUT2D eigenvalue weighted by Gasteiger charge is 2.14. The highest BCUT2D eigenvalue weighted by Crippen LogP contribution is 2.19. The number of carbonyl (C=O) groups is 2. The van der Waals surface area contributed by atoms with Crippen molar-refractivity contribution in [3.05, 3.63) is 65.2 Å². The molecule has 2 rings (SSSR count). The quantitative estimate of drug-likeness (QED) is 0.766. The van der Waals surface area contributed by atoms with E-state index in [2.05, 4.69) is 19.2 Å². The third-order valence-electron chi connectivity index (χ3n) is 4.12. The van der Waals surface area contributed by atoms with E-state index >= 15 is 0 Å². The number of rotatable bonds is 7. The molecule has 5 nitrogen and oxygen atoms in total. The maximum Gasteiger partial charge on any atom is 0.338 e. The third kappa shape index (κ3) is 5.34. The van der Waals surface area contributed by atoms with Gasteiger partial charge in [-0.2, -0.15) is 0 Å². The Bertz CT molecular complexity index is 753. The van der Waals surface area contributed by atoms with Gasteiger partial charge in [-0.15, -0.1) is 0 Å². The minimum atomic E-state index is -0.510. The Morgan fingerprint density at radius 2 is 1.69 bits per heavy atom. The lowest BCUT2D eigenvalue weighted by molar-refractivity contribution is -0.124. The zero-order chi connectivity index (χ0) is 19.1. The lowest BCUT2D eigenvalue weighted by Gasteiger charge is -2.15. The Balaban J connectivity index is 1.86. The van der Waals surface area contributed by atoms with E-state index in [4.69, 9.17) is 9.47 Å². The summed E-state index contributed by atoms with van der Waals surface area (Å²) >= 11 is 0. The van der Waals surface area contributed by atoms with Gasteiger partial charge in [0, 0.05) is 0 Å². The van der Waals surface area contributed by atoms with E-state index in [9.17, 15) is 9.59 Å². The van der Waals surface area contributed by atoms with Crippen molar-refractivity contribution in [2.24, 2.45) is 0 Å². The van der Waals surface area contributed by atoms with Gasteiger partial charge < -0.3 is 14.8 Å². The highest BCUT2D eigenvalue weighted by atomic mass is 16.5. The molecule has 0 fully saturated rings. The first-order valence-corrected chi connectivity index (χ1v) is 8.61. The van der Waals surface area contributed by atoms with Crippen LogP contribution in [0.2, 0.25) is 0 Å². The molecular weight excluding hydrogens is 330 g/mol. The Labute approximate surface area is 154 Å². The number of hydrogen-bond donors (Lipinski definition) is 1. The molecule has 0 aliphatic rings. The molecule has 26 heavy (non-hydrogen) atoms. The van der Waals surface area contributed by atoms with Crippen LogP contribution in [0.5, 0.6) is 5.75 Å². The summed E-state index contributed by atoms with van der Waals surface area (Å²) in [4.78, 5) is 24.1. The van der Waals surface area contributed by atoms with Gasteiger partial charge in [0.05, 0.1) is 18.7 Å². The molecule has 2 aromatic carbocycles. The molecular formula is C21H25NO4. The van der Waals surface area contributed by atoms with Crippen LogP contribution in [0.1, 0.15) is 54.2 Å². The van der Waals surface area contributed by atoms with E-state index in [0.717, 1.165) is 16.9 Å². The summed E-state index contributed by atoms with van der Waals surface area (Å²) in [6, 6.07) is 14.5. The van der Waals surface area contributed by atoms with Gasteiger partial charge in [0.15, 0.2) is 6.61 Å². The SMILES string of the molecule is COc1cccc([C@@H](C)NC(=O)COC(=O)c2ccc(C(C)C)cc2)c1. The molecule has 0 heterocycles. The molecule has 0 radical (unpaired) electrons. The third-order valence-corrected chi connectivity index (χ3v) is 4.12. The minimum Gasteiger partial charge on any atom is -0.497 e. The van der Waals surface area contributed by atoms with E-state index in [0.29, 0.717) is 11.5 Å². The van der Waals surface area contributed by atoms with Crippen LogP contribution in [-0.2, 0) is 9.53 Å². The van der Waals surface area contributed by atoms with E-state index < -0.39 is 5.97 Å². The first-order chi connectivity index (χ1) is 12.4. The molecule has 1 N–H and O–H groups in total. The van der Waals surface area contributed by atoms with Gasteiger partial charge >= 0.3 is 5.97 Å². The van der Waals surface area contributed by atoms with Crippen molar-refractivity contribution in [3.63, 3.8) is 0 Å². The second-order valence-corrected chi connectivity index (χ2v) is 6.42. The average Bonchev–Trinajstić information content (AvgIpc) is 2.66. The Morgan fingerprint density at radius 3 is 2.31 bits per heavy atom. The fraction of sp³-hybridized carbons (Fsp3) is 0.333. The summed E-state index contributed by atoms with van der Waals surface area (Å²) in [5.74, 6) is 0.251. The zero-order valence-corrected chi connectivity index (χ0v) is 15.6. The van der Waals surface area contributed by atoms with Crippen molar-refractivity contribution in [2.45, 2.75) is 32.7 Å². The van der Waals surface area contributed by atoms with Gasteiger partial charge in [0.1, 0.15) is 5.75 Å². The van der Waals surface area contributed by atoms with Crippen LogP contribution in [0.25, 0.3) is 0 Å². The number of methoxy groups -OCH3 is 1. The molecule has 0 unspecified atom stereocenters. The molecule has 0 aliphatic carbocycles. The Kier molecular flexibility index (Phi) is 6.78. The molecule has 0 aliphatic heterocycles. The fourth-order valence-electron chi connectivity index (χ4n) is 2.50. The van der Waals surface area contributed by atoms with Crippen molar-refractivity contribution in [3.8, 4) is 5.75 Å². The largest absolute Gasteiger partial charge is 0.497 e. The Morgan fingerprint density at radius 1 is 1.00 bits per heavy atom. The molecule has 1 atom stereocenters. The molecule has 2 aromatic rings. The molecule has 0 bridgehead atoms. The van der Waals surface area contributed by atoms with Crippen molar-refractivity contribution in [2.75, 3.05) is 13.7 Å². The van der Waals surface area contributed by atoms with Gasteiger partial charge in [-0.3, -0.25) is 4.79 Å². The van der Waals surface area contributed by atoms with Crippen LogP contribution >= 0.6 is 0 Å². The molecule has 0 spiro atoms. The van der Waals surface area contributed by atoms with E-state index in [1.54, 1.807) is 19.2 Å². The second-order valence-electron chi connectivity index (χ2n) is 6.42. The first-order valence-electron chi connectivity index (χ1n) is 8.61. The average molecular weight is 355 g/mol. The van der Waals surface area contributed by atoms with Crippen molar-refractivity contribution in [1.82, 2.24) is 5.32 Å². The second kappa shape index (κ2) is 9.04. The molecule has 0 saturated heterocycles. The van der Waals surface area contributed by atoms with Crippen LogP contribution in [0.15, 0.2) is 48.5 Å². The highest BCUT2D eigenvalue weighted by molar-refractivity contribution is 5.91. The van der Waals surface area contributed by atoms with Gasteiger partial charge in [0.25, 0.3) is 5.91 Å². The van der Waals surface area contributed by atoms with Crippen molar-refractivity contribution < 1.29 is 19.1 Å². The number of esters is 1. The van der Waals surface area contributed by atoms with Crippen LogP contribution in [0.4, 0.5) is 0 Å². The summed E-state index contributed by atoms with van der Waals surface area (Å²) in [6.45, 7) is 5.71. The van der Waals surface area contributed by atoms with Crippen LogP contribution in [0.3, 0.4) is 0 Å². The van der Waals surface area contributed by atoms with E-state index in [1.807, 2.05) is 43.3 Å². The van der Waals surface area contributed by atoms with Gasteiger partial charge in [-0.25, -0.2) is 4.79 Å². The lowest BCUT2D eigenvalue weighted by Crippen LogP contribution is -2.31. The number of carbonyl (C=O) groups excluding carboxylic acids is 2. The molecule has 0 saturated carbocycles. The summed E-state index contributed by atoms with van der Waals surface area (Å²) in [5.41, 5.74) is 2.49. The predicted octanol–water partition coefficient (Wildman–Crippen LogP) is 3.85. The Hall–Kier alpha value is -2.82. The van der Waals surface area contributed by atoms with Crippen molar-refractivity contribution >= 4 is 11.9 Å². The topological polar surface area (TPSA) is 64.6 Å². The molecule has 0 aromatic heterocycles. The van der Waals surface area contributed by atoms with Crippen molar-refractivity contribution in [1.29, 1.82) is 0 Å². The monoisotopic (exact) mass is 355 g/mol. The predicted molar refractivity (Wildman–Crippen MR) is 100 cm³/mol. The van der Waals surface area contributed by atoms with E-state index in [1.165, 1.54) is 0 Å². The summed E-state index contributed by atoms with van der Waals surface area (Å²) in [6.07, 6.45) is 0. The number of nitrogens with one attached hydrogen (secondary N) is 1. The summed E-state index contributed by atoms with van der Waals surface area (Å²) in [5, 5.41) is 2.81. The molecule has 1 amide bonds. The summed E-state index contributed by atoms with van der Waals surface area (Å²) < 4.78 is 10.3. The number of ether oxygens (including phenoxy) is 2. The first kappa shape index (κ1) is 19.5. The number of hydrogen-bond acceptors (Lipinski definition) is 4. The van der Waals surface area contributed by atoms with Gasteiger partial charge in [-0.1, -0.05) is 38.1 Å². The van der Waals surface area contributed by atoms with Crippen LogP contribution in [-0.4, -0.2) is 25.6 Å². The molecule has 5 heteroatoms. The zero-order valence-electron chi connectivity index (χ0n) is 15.6.